The fourth-order valence-corrected chi connectivity index (χ4v) is 4.06. The van der Waals surface area contributed by atoms with Crippen LogP contribution < -0.4 is 10.1 Å². The molecule has 2 aromatic carbocycles. The van der Waals surface area contributed by atoms with Crippen molar-refractivity contribution in [2.45, 2.75) is 31.9 Å². The zero-order valence-electron chi connectivity index (χ0n) is 14.9. The molecule has 1 heterocycles. The van der Waals surface area contributed by atoms with Crippen LogP contribution in [-0.4, -0.2) is 31.1 Å². The number of piperazine rings is 1. The Balaban J connectivity index is 1.56. The topological polar surface area (TPSA) is 24.5 Å². The van der Waals surface area contributed by atoms with Gasteiger partial charge in [-0.25, -0.2) is 0 Å². The van der Waals surface area contributed by atoms with Crippen LogP contribution in [0, 0.1) is 5.92 Å². The van der Waals surface area contributed by atoms with Crippen LogP contribution in [0.5, 0.6) is 5.75 Å². The van der Waals surface area contributed by atoms with Gasteiger partial charge in [-0.05, 0) is 30.4 Å². The molecule has 0 radical (unpaired) electrons. The van der Waals surface area contributed by atoms with E-state index < -0.39 is 0 Å². The molecule has 0 unspecified atom stereocenters. The molecule has 2 aromatic rings. The van der Waals surface area contributed by atoms with Crippen molar-refractivity contribution in [2.75, 3.05) is 26.2 Å². The normalized spacial score (nSPS) is 20.0. The Hall–Kier alpha value is -1.84. The Kier molecular flexibility index (Phi) is 5.34. The lowest BCUT2D eigenvalue weighted by Gasteiger charge is -2.43. The molecule has 4 rings (SSSR count). The number of hydrogen-bond acceptors (Lipinski definition) is 3. The first-order valence-electron chi connectivity index (χ1n) is 9.62. The van der Waals surface area contributed by atoms with Crippen molar-refractivity contribution in [3.63, 3.8) is 0 Å². The average Bonchev–Trinajstić information content (AvgIpc) is 2.65. The molecule has 1 aliphatic carbocycles. The second-order valence-corrected chi connectivity index (χ2v) is 7.23. The van der Waals surface area contributed by atoms with Crippen LogP contribution in [0.15, 0.2) is 54.6 Å². The molecule has 2 aliphatic rings. The van der Waals surface area contributed by atoms with Crippen LogP contribution >= 0.6 is 0 Å². The highest BCUT2D eigenvalue weighted by Gasteiger charge is 2.35. The van der Waals surface area contributed by atoms with Gasteiger partial charge < -0.3 is 10.1 Å². The standard InChI is InChI=1S/C22H28N2O/c1-2-7-18(8-3-1)17-25-21-12-5-4-11-20(21)22(19-9-6-10-19)24-15-13-23-14-16-24/h1-5,7-8,11-12,19,22-23H,6,9-10,13-17H2/t22-/m1/s1. The van der Waals surface area contributed by atoms with Gasteiger partial charge >= 0.3 is 0 Å². The summed E-state index contributed by atoms with van der Waals surface area (Å²) < 4.78 is 6.27. The minimum atomic E-state index is 0.503. The van der Waals surface area contributed by atoms with Crippen LogP contribution in [0.3, 0.4) is 0 Å². The predicted octanol–water partition coefficient (Wildman–Crippen LogP) is 4.01. The first-order chi connectivity index (χ1) is 12.4. The van der Waals surface area contributed by atoms with Crippen molar-refractivity contribution in [1.29, 1.82) is 0 Å². The molecule has 1 aliphatic heterocycles. The molecular weight excluding hydrogens is 308 g/mol. The van der Waals surface area contributed by atoms with Crippen molar-refractivity contribution >= 4 is 0 Å². The molecule has 132 valence electrons. The largest absolute Gasteiger partial charge is 0.489 e. The van der Waals surface area contributed by atoms with Crippen LogP contribution in [0.25, 0.3) is 0 Å². The van der Waals surface area contributed by atoms with E-state index in [0.717, 1.165) is 37.8 Å². The first-order valence-corrected chi connectivity index (χ1v) is 9.62. The lowest BCUT2D eigenvalue weighted by Crippen LogP contribution is -2.47. The van der Waals surface area contributed by atoms with Crippen LogP contribution in [0.4, 0.5) is 0 Å². The average molecular weight is 336 g/mol. The molecule has 3 nitrogen and oxygen atoms in total. The number of benzene rings is 2. The quantitative estimate of drug-likeness (QED) is 0.862. The van der Waals surface area contributed by atoms with Gasteiger partial charge in [0.05, 0.1) is 0 Å². The van der Waals surface area contributed by atoms with Gasteiger partial charge in [0.25, 0.3) is 0 Å². The maximum absolute atomic E-state index is 6.27. The third-order valence-corrected chi connectivity index (χ3v) is 5.62. The van der Waals surface area contributed by atoms with Crippen molar-refractivity contribution in [1.82, 2.24) is 10.2 Å². The Labute approximate surface area is 151 Å². The molecule has 3 heteroatoms. The highest BCUT2D eigenvalue weighted by Crippen LogP contribution is 2.44. The summed E-state index contributed by atoms with van der Waals surface area (Å²) >= 11 is 0. The van der Waals surface area contributed by atoms with Crippen molar-refractivity contribution < 1.29 is 4.74 Å². The summed E-state index contributed by atoms with van der Waals surface area (Å²) in [6, 6.07) is 19.6. The minimum absolute atomic E-state index is 0.503. The number of nitrogens with zero attached hydrogens (tertiary/aromatic N) is 1. The smallest absolute Gasteiger partial charge is 0.124 e. The van der Waals surface area contributed by atoms with E-state index in [1.165, 1.54) is 30.4 Å². The summed E-state index contributed by atoms with van der Waals surface area (Å²) in [5, 5.41) is 3.48. The van der Waals surface area contributed by atoms with Gasteiger partial charge in [-0.1, -0.05) is 55.0 Å². The maximum atomic E-state index is 6.27. The SMILES string of the molecule is c1ccc(COc2ccccc2[C@@H](C2CCC2)N2CCNCC2)cc1. The Morgan fingerprint density at radius 2 is 1.68 bits per heavy atom. The van der Waals surface area contributed by atoms with E-state index in [4.69, 9.17) is 4.74 Å². The molecule has 25 heavy (non-hydrogen) atoms. The van der Waals surface area contributed by atoms with E-state index in [-0.39, 0.29) is 0 Å². The highest BCUT2D eigenvalue weighted by molar-refractivity contribution is 5.37. The fourth-order valence-electron chi connectivity index (χ4n) is 4.06. The van der Waals surface area contributed by atoms with Crippen LogP contribution in [-0.2, 0) is 6.61 Å². The number of ether oxygens (including phenoxy) is 1. The lowest BCUT2D eigenvalue weighted by molar-refractivity contribution is 0.0810. The lowest BCUT2D eigenvalue weighted by atomic mass is 9.76. The van der Waals surface area contributed by atoms with E-state index in [1.807, 2.05) is 0 Å². The molecule has 1 N–H and O–H groups in total. The molecule has 2 fully saturated rings. The summed E-state index contributed by atoms with van der Waals surface area (Å²) in [4.78, 5) is 2.67. The van der Waals surface area contributed by atoms with Gasteiger partial charge in [0.15, 0.2) is 0 Å². The van der Waals surface area contributed by atoms with Crippen LogP contribution in [0.2, 0.25) is 0 Å². The zero-order valence-corrected chi connectivity index (χ0v) is 14.9. The minimum Gasteiger partial charge on any atom is -0.489 e. The number of para-hydroxylation sites is 1. The van der Waals surface area contributed by atoms with Crippen LogP contribution in [0.1, 0.15) is 36.4 Å². The van der Waals surface area contributed by atoms with E-state index in [9.17, 15) is 0 Å². The summed E-state index contributed by atoms with van der Waals surface area (Å²) in [5.74, 6) is 1.83. The Bertz CT molecular complexity index is 663. The van der Waals surface area contributed by atoms with Gasteiger partial charge in [-0.15, -0.1) is 0 Å². The predicted molar refractivity (Wildman–Crippen MR) is 102 cm³/mol. The van der Waals surface area contributed by atoms with Gasteiger partial charge in [0.1, 0.15) is 12.4 Å². The number of nitrogens with one attached hydrogen (secondary N) is 1. The summed E-state index contributed by atoms with van der Waals surface area (Å²) in [6.07, 6.45) is 4.07. The Morgan fingerprint density at radius 3 is 2.40 bits per heavy atom. The molecule has 0 spiro atoms. The summed E-state index contributed by atoms with van der Waals surface area (Å²) in [6.45, 7) is 5.09. The van der Waals surface area contributed by atoms with Gasteiger partial charge in [0.2, 0.25) is 0 Å². The van der Waals surface area contributed by atoms with Gasteiger partial charge in [-0.3, -0.25) is 4.90 Å². The number of hydrogen-bond donors (Lipinski definition) is 1. The third-order valence-electron chi connectivity index (χ3n) is 5.62. The first kappa shape index (κ1) is 16.6. The van der Waals surface area contributed by atoms with E-state index in [2.05, 4.69) is 64.8 Å². The van der Waals surface area contributed by atoms with E-state index in [1.54, 1.807) is 0 Å². The fraction of sp³-hybridized carbons (Fsp3) is 0.455. The van der Waals surface area contributed by atoms with E-state index >= 15 is 0 Å². The number of rotatable bonds is 6. The molecule has 1 saturated heterocycles. The zero-order chi connectivity index (χ0) is 16.9. The molecule has 0 bridgehead atoms. The molecule has 0 aromatic heterocycles. The highest BCUT2D eigenvalue weighted by atomic mass is 16.5. The van der Waals surface area contributed by atoms with Crippen molar-refractivity contribution in [2.24, 2.45) is 5.92 Å². The second-order valence-electron chi connectivity index (χ2n) is 7.23. The van der Waals surface area contributed by atoms with Crippen molar-refractivity contribution in [3.05, 3.63) is 65.7 Å². The van der Waals surface area contributed by atoms with E-state index in [0.29, 0.717) is 12.6 Å². The summed E-state index contributed by atoms with van der Waals surface area (Å²) in [5.41, 5.74) is 2.60. The van der Waals surface area contributed by atoms with Gasteiger partial charge in [0, 0.05) is 37.8 Å². The Morgan fingerprint density at radius 1 is 0.960 bits per heavy atom. The second kappa shape index (κ2) is 8.03. The third kappa shape index (κ3) is 3.88. The summed E-state index contributed by atoms with van der Waals surface area (Å²) in [7, 11) is 0. The maximum Gasteiger partial charge on any atom is 0.124 e. The molecular formula is C22H28N2O. The molecule has 0 amide bonds. The van der Waals surface area contributed by atoms with Gasteiger partial charge in [-0.2, -0.15) is 0 Å². The molecule has 1 saturated carbocycles. The monoisotopic (exact) mass is 336 g/mol. The molecule has 1 atom stereocenters. The van der Waals surface area contributed by atoms with Crippen molar-refractivity contribution in [3.8, 4) is 5.75 Å².